The highest BCUT2D eigenvalue weighted by atomic mass is 16.3. The topological polar surface area (TPSA) is 49.5 Å². The van der Waals surface area contributed by atoms with Crippen molar-refractivity contribution in [3.8, 4) is 0 Å². The number of fused-ring (bicyclic) bond motifs is 1. The predicted octanol–water partition coefficient (Wildman–Crippen LogP) is 1.74. The van der Waals surface area contributed by atoms with Crippen LogP contribution >= 0.6 is 0 Å². The van der Waals surface area contributed by atoms with Crippen molar-refractivity contribution in [1.82, 2.24) is 4.90 Å². The number of aliphatic hydroxyl groups excluding tert-OH is 1. The van der Waals surface area contributed by atoms with Gasteiger partial charge in [0, 0.05) is 12.6 Å². The van der Waals surface area contributed by atoms with Crippen LogP contribution in [-0.4, -0.2) is 41.3 Å². The summed E-state index contributed by atoms with van der Waals surface area (Å²) in [5, 5.41) is 9.67. The van der Waals surface area contributed by atoms with Crippen LogP contribution in [0.25, 0.3) is 0 Å². The van der Waals surface area contributed by atoms with Crippen LogP contribution in [0, 0.1) is 11.8 Å². The minimum atomic E-state index is -0.320. The van der Waals surface area contributed by atoms with Crippen LogP contribution in [0.5, 0.6) is 0 Å². The normalized spacial score (nSPS) is 37.0. The van der Waals surface area contributed by atoms with Crippen molar-refractivity contribution in [2.45, 2.75) is 62.9 Å². The first kappa shape index (κ1) is 12.9. The summed E-state index contributed by atoms with van der Waals surface area (Å²) in [4.78, 5) is 2.63. The van der Waals surface area contributed by atoms with Gasteiger partial charge in [0.25, 0.3) is 0 Å². The fraction of sp³-hybridized carbons (Fsp3) is 1.00. The summed E-state index contributed by atoms with van der Waals surface area (Å²) in [6.45, 7) is 2.29. The average Bonchev–Trinajstić information content (AvgIpc) is 3.24. The number of piperidine rings is 1. The molecule has 3 nitrogen and oxygen atoms in total. The van der Waals surface area contributed by atoms with Crippen molar-refractivity contribution >= 4 is 0 Å². The van der Waals surface area contributed by atoms with Crippen molar-refractivity contribution in [2.75, 3.05) is 19.7 Å². The number of hydrogen-bond donors (Lipinski definition) is 2. The first-order chi connectivity index (χ1) is 8.73. The average molecular weight is 252 g/mol. The Morgan fingerprint density at radius 1 is 1.06 bits per heavy atom. The molecule has 0 spiro atoms. The molecule has 2 aliphatic carbocycles. The van der Waals surface area contributed by atoms with Crippen LogP contribution in [0.3, 0.4) is 0 Å². The predicted molar refractivity (Wildman–Crippen MR) is 73.3 cm³/mol. The maximum absolute atomic E-state index is 9.67. The fourth-order valence-electron chi connectivity index (χ4n) is 4.27. The van der Waals surface area contributed by atoms with Gasteiger partial charge in [-0.05, 0) is 56.9 Å². The van der Waals surface area contributed by atoms with Gasteiger partial charge in [0.05, 0.1) is 12.1 Å². The summed E-state index contributed by atoms with van der Waals surface area (Å²) >= 11 is 0. The Labute approximate surface area is 111 Å². The summed E-state index contributed by atoms with van der Waals surface area (Å²) in [7, 11) is 0. The van der Waals surface area contributed by atoms with E-state index in [1.807, 2.05) is 0 Å². The lowest BCUT2D eigenvalue weighted by Crippen LogP contribution is -2.59. The summed E-state index contributed by atoms with van der Waals surface area (Å²) in [6.07, 6.45) is 10.8. The molecule has 0 bridgehead atoms. The number of nitrogens with two attached hydrogens (primary N) is 1. The second-order valence-corrected chi connectivity index (χ2v) is 6.89. The van der Waals surface area contributed by atoms with Gasteiger partial charge in [0.15, 0.2) is 0 Å². The van der Waals surface area contributed by atoms with E-state index in [0.717, 1.165) is 18.5 Å². The van der Waals surface area contributed by atoms with Gasteiger partial charge >= 0.3 is 0 Å². The molecule has 18 heavy (non-hydrogen) atoms. The van der Waals surface area contributed by atoms with E-state index in [1.165, 1.54) is 57.9 Å². The molecule has 0 aromatic heterocycles. The molecule has 3 aliphatic rings. The standard InChI is InChI=1S/C15H28N2O/c16-15(11-18,13-7-8-13)10-17-9-3-5-12-4-1-2-6-14(12)17/h12-14,18H,1-11,16H2/t12-,14-,15?/m1/s1. The van der Waals surface area contributed by atoms with Crippen molar-refractivity contribution in [2.24, 2.45) is 17.6 Å². The SMILES string of the molecule is NC(CO)(CN1CCC[C@H]2CCCC[C@H]21)C1CC1. The highest BCUT2D eigenvalue weighted by molar-refractivity contribution is 5.02. The van der Waals surface area contributed by atoms with E-state index >= 15 is 0 Å². The van der Waals surface area contributed by atoms with E-state index in [0.29, 0.717) is 5.92 Å². The molecule has 104 valence electrons. The van der Waals surface area contributed by atoms with E-state index in [-0.39, 0.29) is 12.1 Å². The van der Waals surface area contributed by atoms with Gasteiger partial charge in [-0.15, -0.1) is 0 Å². The number of likely N-dealkylation sites (tertiary alicyclic amines) is 1. The molecule has 0 amide bonds. The Morgan fingerprint density at radius 3 is 2.50 bits per heavy atom. The molecule has 3 atom stereocenters. The van der Waals surface area contributed by atoms with E-state index < -0.39 is 0 Å². The molecule has 1 saturated heterocycles. The Morgan fingerprint density at radius 2 is 1.78 bits per heavy atom. The molecule has 0 radical (unpaired) electrons. The van der Waals surface area contributed by atoms with Crippen LogP contribution in [0.2, 0.25) is 0 Å². The Balaban J connectivity index is 1.66. The Bertz CT molecular complexity index is 290. The van der Waals surface area contributed by atoms with Crippen molar-refractivity contribution < 1.29 is 5.11 Å². The molecule has 0 aromatic rings. The van der Waals surface area contributed by atoms with Gasteiger partial charge in [-0.1, -0.05) is 12.8 Å². The maximum atomic E-state index is 9.67. The number of nitrogens with zero attached hydrogens (tertiary/aromatic N) is 1. The molecule has 1 aliphatic heterocycles. The van der Waals surface area contributed by atoms with E-state index in [2.05, 4.69) is 4.90 Å². The lowest BCUT2D eigenvalue weighted by atomic mass is 9.77. The zero-order valence-electron chi connectivity index (χ0n) is 11.5. The molecular formula is C15H28N2O. The van der Waals surface area contributed by atoms with Gasteiger partial charge in [0.1, 0.15) is 0 Å². The number of rotatable bonds is 4. The van der Waals surface area contributed by atoms with Crippen LogP contribution in [-0.2, 0) is 0 Å². The first-order valence-electron chi connectivity index (χ1n) is 7.87. The van der Waals surface area contributed by atoms with E-state index in [4.69, 9.17) is 5.73 Å². The quantitative estimate of drug-likeness (QED) is 0.801. The van der Waals surface area contributed by atoms with Crippen molar-refractivity contribution in [3.63, 3.8) is 0 Å². The van der Waals surface area contributed by atoms with Gasteiger partial charge in [-0.3, -0.25) is 4.90 Å². The molecule has 3 N–H and O–H groups in total. The van der Waals surface area contributed by atoms with Crippen LogP contribution in [0.4, 0.5) is 0 Å². The summed E-state index contributed by atoms with van der Waals surface area (Å²) in [5.41, 5.74) is 6.14. The van der Waals surface area contributed by atoms with Crippen LogP contribution in [0.15, 0.2) is 0 Å². The first-order valence-corrected chi connectivity index (χ1v) is 7.87. The van der Waals surface area contributed by atoms with E-state index in [9.17, 15) is 5.11 Å². The van der Waals surface area contributed by atoms with Crippen molar-refractivity contribution in [3.05, 3.63) is 0 Å². The monoisotopic (exact) mass is 252 g/mol. The third kappa shape index (κ3) is 2.45. The van der Waals surface area contributed by atoms with Crippen LogP contribution in [0.1, 0.15) is 51.4 Å². The highest BCUT2D eigenvalue weighted by Crippen LogP contribution is 2.41. The van der Waals surface area contributed by atoms with Gasteiger partial charge < -0.3 is 10.8 Å². The smallest absolute Gasteiger partial charge is 0.0626 e. The lowest BCUT2D eigenvalue weighted by molar-refractivity contribution is 0.0251. The summed E-state index contributed by atoms with van der Waals surface area (Å²) in [6, 6.07) is 0.765. The third-order valence-electron chi connectivity index (χ3n) is 5.54. The highest BCUT2D eigenvalue weighted by Gasteiger charge is 2.45. The molecule has 2 saturated carbocycles. The number of aliphatic hydroxyl groups is 1. The zero-order chi connectivity index (χ0) is 12.6. The summed E-state index contributed by atoms with van der Waals surface area (Å²) < 4.78 is 0. The Hall–Kier alpha value is -0.120. The molecule has 3 fully saturated rings. The molecule has 1 heterocycles. The van der Waals surface area contributed by atoms with Gasteiger partial charge in [-0.2, -0.15) is 0 Å². The van der Waals surface area contributed by atoms with Crippen molar-refractivity contribution in [1.29, 1.82) is 0 Å². The molecule has 3 heteroatoms. The molecular weight excluding hydrogens is 224 g/mol. The largest absolute Gasteiger partial charge is 0.394 e. The second-order valence-electron chi connectivity index (χ2n) is 6.89. The minimum Gasteiger partial charge on any atom is -0.394 e. The second kappa shape index (κ2) is 5.10. The van der Waals surface area contributed by atoms with Crippen LogP contribution < -0.4 is 5.73 Å². The van der Waals surface area contributed by atoms with Gasteiger partial charge in [0.2, 0.25) is 0 Å². The minimum absolute atomic E-state index is 0.158. The maximum Gasteiger partial charge on any atom is 0.0626 e. The molecule has 0 aromatic carbocycles. The number of hydrogen-bond acceptors (Lipinski definition) is 3. The summed E-state index contributed by atoms with van der Waals surface area (Å²) in [5.74, 6) is 1.49. The zero-order valence-corrected chi connectivity index (χ0v) is 11.5. The lowest BCUT2D eigenvalue weighted by Gasteiger charge is -2.47. The Kier molecular flexibility index (Phi) is 3.65. The third-order valence-corrected chi connectivity index (χ3v) is 5.54. The molecule has 3 rings (SSSR count). The van der Waals surface area contributed by atoms with E-state index in [1.54, 1.807) is 0 Å². The molecule has 1 unspecified atom stereocenters. The fourth-order valence-corrected chi connectivity index (χ4v) is 4.27. The van der Waals surface area contributed by atoms with Gasteiger partial charge in [-0.25, -0.2) is 0 Å².